The lowest BCUT2D eigenvalue weighted by atomic mass is 10.0. The summed E-state index contributed by atoms with van der Waals surface area (Å²) in [5.41, 5.74) is 0. The van der Waals surface area contributed by atoms with Crippen molar-refractivity contribution in [2.45, 2.75) is 38.3 Å². The summed E-state index contributed by atoms with van der Waals surface area (Å²) in [5.74, 6) is 0.256. The second-order valence-electron chi connectivity index (χ2n) is 5.52. The normalized spacial score (nSPS) is 18.9. The van der Waals surface area contributed by atoms with E-state index >= 15 is 0 Å². The van der Waals surface area contributed by atoms with Crippen molar-refractivity contribution in [3.8, 4) is 0 Å². The molecule has 1 aliphatic heterocycles. The molecule has 1 aliphatic rings. The Bertz CT molecular complexity index is 549. The van der Waals surface area contributed by atoms with Crippen LogP contribution in [0.5, 0.6) is 0 Å². The van der Waals surface area contributed by atoms with Gasteiger partial charge in [0.25, 0.3) is 0 Å². The van der Waals surface area contributed by atoms with E-state index in [2.05, 4.69) is 14.6 Å². The second-order valence-corrected chi connectivity index (χ2v) is 5.52. The third-order valence-electron chi connectivity index (χ3n) is 4.03. The van der Waals surface area contributed by atoms with Gasteiger partial charge < -0.3 is 9.47 Å². The summed E-state index contributed by atoms with van der Waals surface area (Å²) >= 11 is 0. The minimum Gasteiger partial charge on any atom is -0.341 e. The fourth-order valence-electron chi connectivity index (χ4n) is 2.89. The first-order chi connectivity index (χ1) is 10.3. The third kappa shape index (κ3) is 3.51. The molecule has 6 nitrogen and oxygen atoms in total. The van der Waals surface area contributed by atoms with Crippen molar-refractivity contribution in [1.82, 2.24) is 24.2 Å². The standard InChI is InChI=1S/C15H21N5O/c21-15(5-2-9-20-10-3-6-17-20)18-8-1-4-14(12-18)19-11-7-16-13-19/h3,6-7,10-11,13-14H,1-2,4-5,8-9,12H2/t14-/m0/s1. The van der Waals surface area contributed by atoms with Crippen LogP contribution < -0.4 is 0 Å². The summed E-state index contributed by atoms with van der Waals surface area (Å²) in [6, 6.07) is 2.28. The van der Waals surface area contributed by atoms with Crippen molar-refractivity contribution in [3.05, 3.63) is 37.2 Å². The summed E-state index contributed by atoms with van der Waals surface area (Å²) in [7, 11) is 0. The lowest BCUT2D eigenvalue weighted by molar-refractivity contribution is -0.133. The van der Waals surface area contributed by atoms with Crippen molar-refractivity contribution in [2.24, 2.45) is 0 Å². The Kier molecular flexibility index (Phi) is 4.33. The van der Waals surface area contributed by atoms with Gasteiger partial charge >= 0.3 is 0 Å². The maximum atomic E-state index is 12.3. The van der Waals surface area contributed by atoms with Gasteiger partial charge in [0, 0.05) is 50.8 Å². The molecule has 0 spiro atoms. The SMILES string of the molecule is O=C(CCCn1cccn1)N1CCC[C@H](n2ccnc2)C1. The lowest BCUT2D eigenvalue weighted by Gasteiger charge is -2.33. The fourth-order valence-corrected chi connectivity index (χ4v) is 2.89. The first kappa shape index (κ1) is 13.9. The Balaban J connectivity index is 1.48. The van der Waals surface area contributed by atoms with Crippen molar-refractivity contribution in [2.75, 3.05) is 13.1 Å². The highest BCUT2D eigenvalue weighted by atomic mass is 16.2. The lowest BCUT2D eigenvalue weighted by Crippen LogP contribution is -2.40. The highest BCUT2D eigenvalue weighted by molar-refractivity contribution is 5.76. The van der Waals surface area contributed by atoms with Crippen molar-refractivity contribution < 1.29 is 4.79 Å². The molecular formula is C15H21N5O. The molecule has 0 aliphatic carbocycles. The topological polar surface area (TPSA) is 56.0 Å². The van der Waals surface area contributed by atoms with E-state index < -0.39 is 0 Å². The maximum Gasteiger partial charge on any atom is 0.222 e. The van der Waals surface area contributed by atoms with Gasteiger partial charge in [-0.2, -0.15) is 5.10 Å². The minimum atomic E-state index is 0.256. The van der Waals surface area contributed by atoms with Gasteiger partial charge in [-0.3, -0.25) is 9.48 Å². The molecule has 0 unspecified atom stereocenters. The van der Waals surface area contributed by atoms with Crippen LogP contribution in [-0.4, -0.2) is 43.2 Å². The number of hydrogen-bond acceptors (Lipinski definition) is 3. The number of rotatable bonds is 5. The zero-order valence-corrected chi connectivity index (χ0v) is 12.1. The van der Waals surface area contributed by atoms with Gasteiger partial charge in [-0.05, 0) is 25.3 Å². The van der Waals surface area contributed by atoms with E-state index in [1.54, 1.807) is 12.4 Å². The summed E-state index contributed by atoms with van der Waals surface area (Å²) < 4.78 is 3.99. The van der Waals surface area contributed by atoms with E-state index in [1.807, 2.05) is 34.4 Å². The number of aromatic nitrogens is 4. The van der Waals surface area contributed by atoms with E-state index in [-0.39, 0.29) is 5.91 Å². The average Bonchev–Trinajstić information content (AvgIpc) is 3.21. The predicted molar refractivity (Wildman–Crippen MR) is 78.5 cm³/mol. The van der Waals surface area contributed by atoms with Crippen LogP contribution in [0.15, 0.2) is 37.2 Å². The quantitative estimate of drug-likeness (QED) is 0.841. The van der Waals surface area contributed by atoms with Crippen LogP contribution in [0.4, 0.5) is 0 Å². The van der Waals surface area contributed by atoms with E-state index in [4.69, 9.17) is 0 Å². The van der Waals surface area contributed by atoms with Crippen LogP contribution in [0.25, 0.3) is 0 Å². The summed E-state index contributed by atoms with van der Waals surface area (Å²) in [6.45, 7) is 2.49. The second kappa shape index (κ2) is 6.56. The fraction of sp³-hybridized carbons (Fsp3) is 0.533. The van der Waals surface area contributed by atoms with Gasteiger partial charge in [-0.25, -0.2) is 4.98 Å². The molecule has 0 N–H and O–H groups in total. The smallest absolute Gasteiger partial charge is 0.222 e. The number of carbonyl (C=O) groups is 1. The molecule has 6 heteroatoms. The Morgan fingerprint density at radius 3 is 3.00 bits per heavy atom. The maximum absolute atomic E-state index is 12.3. The van der Waals surface area contributed by atoms with Crippen LogP contribution in [-0.2, 0) is 11.3 Å². The van der Waals surface area contributed by atoms with E-state index in [1.165, 1.54) is 0 Å². The number of imidazole rings is 1. The first-order valence-corrected chi connectivity index (χ1v) is 7.55. The molecule has 1 amide bonds. The Morgan fingerprint density at radius 1 is 1.29 bits per heavy atom. The molecule has 0 bridgehead atoms. The van der Waals surface area contributed by atoms with Crippen LogP contribution in [0, 0.1) is 0 Å². The van der Waals surface area contributed by atoms with Gasteiger partial charge in [-0.1, -0.05) is 0 Å². The highest BCUT2D eigenvalue weighted by Crippen LogP contribution is 2.21. The Morgan fingerprint density at radius 2 is 2.24 bits per heavy atom. The number of carbonyl (C=O) groups excluding carboxylic acids is 1. The van der Waals surface area contributed by atoms with Gasteiger partial charge in [0.05, 0.1) is 12.4 Å². The Hall–Kier alpha value is -2.11. The number of likely N-dealkylation sites (tertiary alicyclic amines) is 1. The number of amides is 1. The van der Waals surface area contributed by atoms with Crippen LogP contribution >= 0.6 is 0 Å². The molecule has 0 aromatic carbocycles. The monoisotopic (exact) mass is 287 g/mol. The van der Waals surface area contributed by atoms with Gasteiger partial charge in [0.2, 0.25) is 5.91 Å². The molecule has 1 saturated heterocycles. The molecule has 0 saturated carbocycles. The minimum absolute atomic E-state index is 0.256. The van der Waals surface area contributed by atoms with Crippen LogP contribution in [0.2, 0.25) is 0 Å². The van der Waals surface area contributed by atoms with E-state index in [9.17, 15) is 4.79 Å². The van der Waals surface area contributed by atoms with E-state index in [0.29, 0.717) is 12.5 Å². The Labute approximate surface area is 124 Å². The number of hydrogen-bond donors (Lipinski definition) is 0. The summed E-state index contributed by atoms with van der Waals surface area (Å²) in [6.07, 6.45) is 12.9. The zero-order valence-electron chi connectivity index (χ0n) is 12.1. The summed E-state index contributed by atoms with van der Waals surface area (Å²) in [5, 5.41) is 4.15. The molecule has 2 aromatic heterocycles. The number of nitrogens with zero attached hydrogens (tertiary/aromatic N) is 5. The van der Waals surface area contributed by atoms with E-state index in [0.717, 1.165) is 38.9 Å². The molecule has 1 atom stereocenters. The molecule has 21 heavy (non-hydrogen) atoms. The van der Waals surface area contributed by atoms with Crippen molar-refractivity contribution in [3.63, 3.8) is 0 Å². The molecule has 1 fully saturated rings. The largest absolute Gasteiger partial charge is 0.341 e. The van der Waals surface area contributed by atoms with Crippen LogP contribution in [0.1, 0.15) is 31.7 Å². The molecule has 112 valence electrons. The number of piperidine rings is 1. The third-order valence-corrected chi connectivity index (χ3v) is 4.03. The first-order valence-electron chi connectivity index (χ1n) is 7.55. The molecule has 0 radical (unpaired) electrons. The van der Waals surface area contributed by atoms with Crippen LogP contribution in [0.3, 0.4) is 0 Å². The molecule has 3 heterocycles. The predicted octanol–water partition coefficient (Wildman–Crippen LogP) is 1.72. The molecule has 2 aromatic rings. The van der Waals surface area contributed by atoms with Gasteiger partial charge in [-0.15, -0.1) is 0 Å². The summed E-state index contributed by atoms with van der Waals surface area (Å²) in [4.78, 5) is 18.4. The van der Waals surface area contributed by atoms with Gasteiger partial charge in [0.15, 0.2) is 0 Å². The molecule has 3 rings (SSSR count). The van der Waals surface area contributed by atoms with Gasteiger partial charge in [0.1, 0.15) is 0 Å². The highest BCUT2D eigenvalue weighted by Gasteiger charge is 2.23. The number of aryl methyl sites for hydroxylation is 1. The van der Waals surface area contributed by atoms with Crippen molar-refractivity contribution in [1.29, 1.82) is 0 Å². The average molecular weight is 287 g/mol. The molecular weight excluding hydrogens is 266 g/mol. The zero-order chi connectivity index (χ0) is 14.5. The van der Waals surface area contributed by atoms with Crippen molar-refractivity contribution >= 4 is 5.91 Å².